The highest BCUT2D eigenvalue weighted by Gasteiger charge is 2.49. The third-order valence-electron chi connectivity index (χ3n) is 2.84. The second kappa shape index (κ2) is 7.09. The van der Waals surface area contributed by atoms with Crippen LogP contribution < -0.4 is 0 Å². The molecule has 5 unspecified atom stereocenters. The lowest BCUT2D eigenvalue weighted by Crippen LogP contribution is -2.60. The lowest BCUT2D eigenvalue weighted by molar-refractivity contribution is -0.234. The first-order valence-corrected chi connectivity index (χ1v) is 6.39. The number of ether oxygens (including phenoxy) is 4. The van der Waals surface area contributed by atoms with Gasteiger partial charge in [0.1, 0.15) is 0 Å². The van der Waals surface area contributed by atoms with Gasteiger partial charge in [0.05, 0.1) is 6.10 Å². The maximum Gasteiger partial charge on any atom is 0.303 e. The van der Waals surface area contributed by atoms with Crippen molar-refractivity contribution >= 4 is 17.9 Å². The van der Waals surface area contributed by atoms with Crippen molar-refractivity contribution in [2.75, 3.05) is 0 Å². The van der Waals surface area contributed by atoms with Crippen LogP contribution in [0.15, 0.2) is 0 Å². The maximum atomic E-state index is 11.3. The van der Waals surface area contributed by atoms with Gasteiger partial charge in [0.25, 0.3) is 0 Å². The average Bonchev–Trinajstić information content (AvgIpc) is 2.35. The zero-order valence-corrected chi connectivity index (χ0v) is 12.3. The van der Waals surface area contributed by atoms with Crippen LogP contribution in [0, 0.1) is 12.3 Å². The molecule has 1 heterocycles. The molecule has 1 aliphatic heterocycles. The van der Waals surface area contributed by atoms with Gasteiger partial charge in [-0.2, -0.15) is 0 Å². The Balaban J connectivity index is 3.11. The first kappa shape index (κ1) is 17.0. The standard InChI is InChI=1S/C14H18O7/c1-6-11-13(20-9(4)16)14(21-10(5)17)12(7(2)18-11)19-8(3)15/h1,7,11-14H,2-5H3. The lowest BCUT2D eigenvalue weighted by Gasteiger charge is -2.42. The predicted molar refractivity (Wildman–Crippen MR) is 69.8 cm³/mol. The van der Waals surface area contributed by atoms with Gasteiger partial charge >= 0.3 is 17.9 Å². The fraction of sp³-hybridized carbons (Fsp3) is 0.643. The summed E-state index contributed by atoms with van der Waals surface area (Å²) in [6.07, 6.45) is 0.846. The van der Waals surface area contributed by atoms with Gasteiger partial charge in [-0.05, 0) is 6.92 Å². The highest BCUT2D eigenvalue weighted by molar-refractivity contribution is 5.68. The number of carbonyl (C=O) groups excluding carboxylic acids is 3. The fourth-order valence-corrected chi connectivity index (χ4v) is 2.15. The molecule has 0 amide bonds. The van der Waals surface area contributed by atoms with E-state index in [2.05, 4.69) is 5.92 Å². The molecule has 7 nitrogen and oxygen atoms in total. The quantitative estimate of drug-likeness (QED) is 0.418. The first-order chi connectivity index (χ1) is 9.76. The van der Waals surface area contributed by atoms with Crippen LogP contribution in [0.5, 0.6) is 0 Å². The van der Waals surface area contributed by atoms with E-state index in [4.69, 9.17) is 25.4 Å². The molecule has 1 aliphatic rings. The molecule has 0 spiro atoms. The Bertz CT molecular complexity index is 464. The van der Waals surface area contributed by atoms with E-state index in [9.17, 15) is 14.4 Å². The van der Waals surface area contributed by atoms with E-state index in [1.165, 1.54) is 20.8 Å². The molecule has 7 heteroatoms. The topological polar surface area (TPSA) is 88.1 Å². The van der Waals surface area contributed by atoms with Gasteiger partial charge in [0.2, 0.25) is 0 Å². The summed E-state index contributed by atoms with van der Waals surface area (Å²) in [5, 5.41) is 0. The summed E-state index contributed by atoms with van der Waals surface area (Å²) in [7, 11) is 0. The monoisotopic (exact) mass is 298 g/mol. The van der Waals surface area contributed by atoms with Crippen LogP contribution in [0.25, 0.3) is 0 Å². The normalized spacial score (nSPS) is 31.7. The molecular formula is C14H18O7. The maximum absolute atomic E-state index is 11.3. The van der Waals surface area contributed by atoms with Crippen molar-refractivity contribution in [1.82, 2.24) is 0 Å². The second-order valence-corrected chi connectivity index (χ2v) is 4.65. The van der Waals surface area contributed by atoms with Crippen molar-refractivity contribution in [2.45, 2.75) is 58.2 Å². The molecule has 116 valence electrons. The van der Waals surface area contributed by atoms with E-state index in [0.717, 1.165) is 0 Å². The summed E-state index contributed by atoms with van der Waals surface area (Å²) in [4.78, 5) is 33.7. The van der Waals surface area contributed by atoms with Crippen molar-refractivity contribution in [2.24, 2.45) is 0 Å². The molecule has 0 saturated carbocycles. The fourth-order valence-electron chi connectivity index (χ4n) is 2.15. The third-order valence-corrected chi connectivity index (χ3v) is 2.84. The molecule has 1 fully saturated rings. The molecule has 21 heavy (non-hydrogen) atoms. The minimum absolute atomic E-state index is 0.576. The van der Waals surface area contributed by atoms with E-state index in [1.807, 2.05) is 0 Å². The number of terminal acetylenes is 1. The predicted octanol–water partition coefficient (Wildman–Crippen LogP) is 0.202. The second-order valence-electron chi connectivity index (χ2n) is 4.65. The zero-order valence-electron chi connectivity index (χ0n) is 12.3. The summed E-state index contributed by atoms with van der Waals surface area (Å²) in [6.45, 7) is 5.22. The Hall–Kier alpha value is -2.07. The first-order valence-electron chi connectivity index (χ1n) is 6.39. The van der Waals surface area contributed by atoms with Crippen LogP contribution in [-0.2, 0) is 33.3 Å². The third kappa shape index (κ3) is 4.46. The molecule has 0 bridgehead atoms. The number of esters is 3. The number of hydrogen-bond acceptors (Lipinski definition) is 7. The van der Waals surface area contributed by atoms with E-state index in [0.29, 0.717) is 0 Å². The van der Waals surface area contributed by atoms with Gasteiger partial charge in [0.15, 0.2) is 24.4 Å². The average molecular weight is 298 g/mol. The Labute approximate surface area is 122 Å². The number of carbonyl (C=O) groups is 3. The molecule has 0 radical (unpaired) electrons. The minimum atomic E-state index is -1.04. The number of rotatable bonds is 3. The van der Waals surface area contributed by atoms with Crippen LogP contribution in [-0.4, -0.2) is 48.4 Å². The van der Waals surface area contributed by atoms with E-state index in [-0.39, 0.29) is 0 Å². The van der Waals surface area contributed by atoms with Gasteiger partial charge in [-0.15, -0.1) is 6.42 Å². The van der Waals surface area contributed by atoms with Crippen molar-refractivity contribution in [3.8, 4) is 12.3 Å². The van der Waals surface area contributed by atoms with Gasteiger partial charge in [-0.3, -0.25) is 14.4 Å². The van der Waals surface area contributed by atoms with E-state index >= 15 is 0 Å². The van der Waals surface area contributed by atoms with Crippen LogP contribution in [0.1, 0.15) is 27.7 Å². The van der Waals surface area contributed by atoms with Crippen LogP contribution in [0.2, 0.25) is 0 Å². The van der Waals surface area contributed by atoms with E-state index < -0.39 is 48.4 Å². The molecule has 0 aliphatic carbocycles. The van der Waals surface area contributed by atoms with Gasteiger partial charge in [-0.1, -0.05) is 5.92 Å². The van der Waals surface area contributed by atoms with E-state index in [1.54, 1.807) is 6.92 Å². The molecule has 0 aromatic rings. The lowest BCUT2D eigenvalue weighted by atomic mass is 9.95. The van der Waals surface area contributed by atoms with Gasteiger partial charge in [-0.25, -0.2) is 0 Å². The molecule has 0 aromatic carbocycles. The van der Waals surface area contributed by atoms with Crippen LogP contribution in [0.4, 0.5) is 0 Å². The Morgan fingerprint density at radius 2 is 1.33 bits per heavy atom. The summed E-state index contributed by atoms with van der Waals surface area (Å²) in [5.41, 5.74) is 0. The summed E-state index contributed by atoms with van der Waals surface area (Å²) >= 11 is 0. The van der Waals surface area contributed by atoms with Gasteiger partial charge < -0.3 is 18.9 Å². The molecule has 5 atom stereocenters. The van der Waals surface area contributed by atoms with Crippen LogP contribution >= 0.6 is 0 Å². The van der Waals surface area contributed by atoms with Crippen molar-refractivity contribution in [3.63, 3.8) is 0 Å². The highest BCUT2D eigenvalue weighted by atomic mass is 16.6. The molecule has 0 N–H and O–H groups in total. The highest BCUT2D eigenvalue weighted by Crippen LogP contribution is 2.28. The molecular weight excluding hydrogens is 280 g/mol. The van der Waals surface area contributed by atoms with Crippen molar-refractivity contribution < 1.29 is 33.3 Å². The Kier molecular flexibility index (Phi) is 5.73. The Morgan fingerprint density at radius 3 is 1.76 bits per heavy atom. The SMILES string of the molecule is C#CC1OC(C)C(OC(C)=O)C(OC(C)=O)C1OC(C)=O. The smallest absolute Gasteiger partial charge is 0.303 e. The van der Waals surface area contributed by atoms with Crippen molar-refractivity contribution in [1.29, 1.82) is 0 Å². The zero-order chi connectivity index (χ0) is 16.2. The summed E-state index contributed by atoms with van der Waals surface area (Å²) < 4.78 is 20.9. The summed E-state index contributed by atoms with van der Waals surface area (Å²) in [6, 6.07) is 0. The molecule has 1 saturated heterocycles. The van der Waals surface area contributed by atoms with Crippen molar-refractivity contribution in [3.05, 3.63) is 0 Å². The Morgan fingerprint density at radius 1 is 0.905 bits per heavy atom. The largest absolute Gasteiger partial charge is 0.456 e. The summed E-state index contributed by atoms with van der Waals surface area (Å²) in [5.74, 6) is 0.534. The minimum Gasteiger partial charge on any atom is -0.456 e. The number of hydrogen-bond donors (Lipinski definition) is 0. The van der Waals surface area contributed by atoms with Crippen LogP contribution in [0.3, 0.4) is 0 Å². The molecule has 0 aromatic heterocycles. The van der Waals surface area contributed by atoms with Gasteiger partial charge in [0, 0.05) is 20.8 Å². The molecule has 1 rings (SSSR count).